The van der Waals surface area contributed by atoms with E-state index in [2.05, 4.69) is 12.5 Å². The van der Waals surface area contributed by atoms with Crippen LogP contribution in [0.15, 0.2) is 41.4 Å². The van der Waals surface area contributed by atoms with Gasteiger partial charge in [0.1, 0.15) is 0 Å². The number of hydrogen-bond acceptors (Lipinski definition) is 4. The van der Waals surface area contributed by atoms with Crippen molar-refractivity contribution in [1.29, 1.82) is 0 Å². The second-order valence-corrected chi connectivity index (χ2v) is 8.09. The van der Waals surface area contributed by atoms with Crippen LogP contribution in [0.4, 0.5) is 4.79 Å². The van der Waals surface area contributed by atoms with Crippen molar-refractivity contribution in [3.05, 3.63) is 42.1 Å². The first-order chi connectivity index (χ1) is 11.1. The van der Waals surface area contributed by atoms with E-state index in [1.165, 1.54) is 12.1 Å². The van der Waals surface area contributed by atoms with Crippen LogP contribution in [-0.4, -0.2) is 24.4 Å². The number of nitrogens with zero attached hydrogens (tertiary/aromatic N) is 1. The molecular formula is C18H21NO4S. The third-order valence-corrected chi connectivity index (χ3v) is 5.72. The maximum Gasteiger partial charge on any atom is 0.430 e. The summed E-state index contributed by atoms with van der Waals surface area (Å²) < 4.78 is 31.5. The minimum atomic E-state index is -4.11. The van der Waals surface area contributed by atoms with Gasteiger partial charge in [-0.15, -0.1) is 6.42 Å². The van der Waals surface area contributed by atoms with Crippen LogP contribution in [0.2, 0.25) is 0 Å². The maximum absolute atomic E-state index is 12.8. The van der Waals surface area contributed by atoms with Crippen LogP contribution in [0.5, 0.6) is 0 Å². The molecule has 2 rings (SSSR count). The molecule has 1 fully saturated rings. The molecule has 1 aromatic carbocycles. The fraction of sp³-hybridized carbons (Fsp3) is 0.389. The van der Waals surface area contributed by atoms with Gasteiger partial charge in [-0.3, -0.25) is 0 Å². The van der Waals surface area contributed by atoms with Crippen molar-refractivity contribution in [3.63, 3.8) is 0 Å². The van der Waals surface area contributed by atoms with Crippen LogP contribution in [0.25, 0.3) is 0 Å². The Kier molecular flexibility index (Phi) is 4.77. The second-order valence-electron chi connectivity index (χ2n) is 6.30. The minimum Gasteiger partial charge on any atom is -0.423 e. The summed E-state index contributed by atoms with van der Waals surface area (Å²) in [6, 6.07) is 6.19. The molecule has 0 aliphatic carbocycles. The van der Waals surface area contributed by atoms with Gasteiger partial charge in [0.2, 0.25) is 5.60 Å². The topological polar surface area (TPSA) is 63.7 Å². The first-order valence-corrected chi connectivity index (χ1v) is 9.10. The molecule has 0 bridgehead atoms. The van der Waals surface area contributed by atoms with Crippen molar-refractivity contribution < 1.29 is 17.9 Å². The van der Waals surface area contributed by atoms with Crippen LogP contribution in [0.1, 0.15) is 32.3 Å². The smallest absolute Gasteiger partial charge is 0.423 e. The zero-order chi connectivity index (χ0) is 18.1. The summed E-state index contributed by atoms with van der Waals surface area (Å²) in [4.78, 5) is 12.2. The summed E-state index contributed by atoms with van der Waals surface area (Å²) in [5.74, 6) is 2.75. The largest absolute Gasteiger partial charge is 0.430 e. The summed E-state index contributed by atoms with van der Waals surface area (Å²) in [6.07, 6.45) is 5.55. The number of carbonyl (C=O) groups is 1. The second kappa shape index (κ2) is 6.33. The molecule has 1 aliphatic rings. The molecule has 1 atom stereocenters. The van der Waals surface area contributed by atoms with Gasteiger partial charge in [-0.25, -0.2) is 13.2 Å². The van der Waals surface area contributed by atoms with E-state index in [0.717, 1.165) is 5.56 Å². The lowest BCUT2D eigenvalue weighted by Gasteiger charge is -2.23. The van der Waals surface area contributed by atoms with Crippen molar-refractivity contribution in [1.82, 2.24) is 4.31 Å². The van der Waals surface area contributed by atoms with E-state index in [1.54, 1.807) is 12.1 Å². The van der Waals surface area contributed by atoms with Crippen LogP contribution in [0.3, 0.4) is 0 Å². The molecule has 1 amide bonds. The summed E-state index contributed by atoms with van der Waals surface area (Å²) in [5, 5.41) is 0. The molecule has 1 unspecified atom stereocenters. The lowest BCUT2D eigenvalue weighted by molar-refractivity contribution is 0.0983. The molecule has 5 nitrogen and oxygen atoms in total. The van der Waals surface area contributed by atoms with E-state index >= 15 is 0 Å². The lowest BCUT2D eigenvalue weighted by atomic mass is 9.92. The lowest BCUT2D eigenvalue weighted by Crippen LogP contribution is -2.33. The van der Waals surface area contributed by atoms with E-state index in [4.69, 9.17) is 11.2 Å². The van der Waals surface area contributed by atoms with Gasteiger partial charge in [-0.1, -0.05) is 44.0 Å². The van der Waals surface area contributed by atoms with E-state index < -0.39 is 21.7 Å². The number of aryl methyl sites for hydroxylation is 1. The zero-order valence-electron chi connectivity index (χ0n) is 14.1. The van der Waals surface area contributed by atoms with Crippen LogP contribution in [0, 0.1) is 25.2 Å². The SMILES string of the molecule is C#CC1(CCC(C)C)OC(=O)N(S(=O)(=O)c2ccc(C)cc2)C1=C. The quantitative estimate of drug-likeness (QED) is 0.765. The van der Waals surface area contributed by atoms with Gasteiger partial charge < -0.3 is 4.74 Å². The minimum absolute atomic E-state index is 0.0112. The van der Waals surface area contributed by atoms with Gasteiger partial charge in [0.25, 0.3) is 10.0 Å². The van der Waals surface area contributed by atoms with Crippen molar-refractivity contribution >= 4 is 16.1 Å². The molecule has 0 radical (unpaired) electrons. The fourth-order valence-electron chi connectivity index (χ4n) is 2.45. The highest BCUT2D eigenvalue weighted by Crippen LogP contribution is 2.39. The predicted molar refractivity (Wildman–Crippen MR) is 91.5 cm³/mol. The van der Waals surface area contributed by atoms with Crippen molar-refractivity contribution in [2.45, 2.75) is 44.1 Å². The molecule has 6 heteroatoms. The van der Waals surface area contributed by atoms with Gasteiger partial charge in [0.15, 0.2) is 0 Å². The number of terminal acetylenes is 1. The standard InChI is InChI=1S/C18H21NO4S/c1-6-18(12-11-13(2)3)15(5)19(17(20)23-18)24(21,22)16-9-7-14(4)8-10-16/h1,7-10,13H,5,11-12H2,2-4H3. The van der Waals surface area contributed by atoms with Gasteiger partial charge in [-0.2, -0.15) is 4.31 Å². The molecule has 1 saturated heterocycles. The van der Waals surface area contributed by atoms with Crippen LogP contribution < -0.4 is 0 Å². The molecule has 0 saturated carbocycles. The number of carbonyl (C=O) groups excluding carboxylic acids is 1. The zero-order valence-corrected chi connectivity index (χ0v) is 14.9. The molecule has 1 heterocycles. The molecule has 128 valence electrons. The highest BCUT2D eigenvalue weighted by molar-refractivity contribution is 7.89. The first kappa shape index (κ1) is 18.1. The fourth-order valence-corrected chi connectivity index (χ4v) is 3.82. The Morgan fingerprint density at radius 2 is 1.92 bits per heavy atom. The van der Waals surface area contributed by atoms with Crippen molar-refractivity contribution in [2.24, 2.45) is 5.92 Å². The average Bonchev–Trinajstić information content (AvgIpc) is 2.77. The Balaban J connectivity index is 2.41. The number of hydrogen-bond donors (Lipinski definition) is 0. The molecule has 24 heavy (non-hydrogen) atoms. The van der Waals surface area contributed by atoms with E-state index in [-0.39, 0.29) is 10.6 Å². The summed E-state index contributed by atoms with van der Waals surface area (Å²) in [6.45, 7) is 9.61. The first-order valence-electron chi connectivity index (χ1n) is 7.66. The Morgan fingerprint density at radius 1 is 1.33 bits per heavy atom. The van der Waals surface area contributed by atoms with E-state index in [9.17, 15) is 13.2 Å². The number of sulfonamides is 1. The number of rotatable bonds is 5. The van der Waals surface area contributed by atoms with Crippen molar-refractivity contribution in [3.8, 4) is 12.3 Å². The van der Waals surface area contributed by atoms with E-state index in [1.807, 2.05) is 20.8 Å². The number of amides is 1. The molecule has 0 N–H and O–H groups in total. The summed E-state index contributed by atoms with van der Waals surface area (Å²) >= 11 is 0. The average molecular weight is 347 g/mol. The highest BCUT2D eigenvalue weighted by atomic mass is 32.2. The third kappa shape index (κ3) is 3.04. The summed E-state index contributed by atoms with van der Waals surface area (Å²) in [5.41, 5.74) is -0.540. The Morgan fingerprint density at radius 3 is 2.42 bits per heavy atom. The Hall–Kier alpha value is -2.26. The number of cyclic esters (lactones) is 1. The molecule has 0 spiro atoms. The number of ether oxygens (including phenoxy) is 1. The predicted octanol–water partition coefficient (Wildman–Crippen LogP) is 3.46. The van der Waals surface area contributed by atoms with Gasteiger partial charge >= 0.3 is 6.09 Å². The highest BCUT2D eigenvalue weighted by Gasteiger charge is 2.52. The number of benzene rings is 1. The monoisotopic (exact) mass is 347 g/mol. The normalized spacial score (nSPS) is 21.0. The van der Waals surface area contributed by atoms with Gasteiger partial charge in [0.05, 0.1) is 10.6 Å². The molecular weight excluding hydrogens is 326 g/mol. The Bertz CT molecular complexity index is 802. The molecule has 1 aromatic rings. The van der Waals surface area contributed by atoms with E-state index in [0.29, 0.717) is 23.1 Å². The maximum atomic E-state index is 12.8. The third-order valence-electron chi connectivity index (χ3n) is 4.00. The summed E-state index contributed by atoms with van der Waals surface area (Å²) in [7, 11) is -4.11. The Labute approximate surface area is 143 Å². The van der Waals surface area contributed by atoms with Gasteiger partial charge in [-0.05, 0) is 31.4 Å². The molecule has 0 aromatic heterocycles. The molecule has 1 aliphatic heterocycles. The van der Waals surface area contributed by atoms with Crippen molar-refractivity contribution in [2.75, 3.05) is 0 Å². The van der Waals surface area contributed by atoms with Crippen LogP contribution >= 0.6 is 0 Å². The van der Waals surface area contributed by atoms with Crippen LogP contribution in [-0.2, 0) is 14.8 Å². The van der Waals surface area contributed by atoms with Gasteiger partial charge in [0, 0.05) is 6.42 Å².